The Morgan fingerprint density at radius 3 is 2.54 bits per heavy atom. The van der Waals surface area contributed by atoms with Crippen LogP contribution in [0.15, 0.2) is 24.4 Å². The molecule has 148 valence electrons. The van der Waals surface area contributed by atoms with Gasteiger partial charge in [0.05, 0.1) is 23.0 Å². The van der Waals surface area contributed by atoms with Crippen LogP contribution in [0.1, 0.15) is 29.9 Å². The first-order valence-corrected chi connectivity index (χ1v) is 9.50. The van der Waals surface area contributed by atoms with Gasteiger partial charge in [-0.15, -0.1) is 0 Å². The number of aromatic nitrogens is 4. The number of rotatable bonds is 5. The largest absolute Gasteiger partial charge is 0.306 e. The van der Waals surface area contributed by atoms with Crippen LogP contribution in [0, 0.1) is 19.7 Å². The fraction of sp³-hybridized carbons (Fsp3) is 0.278. The van der Waals surface area contributed by atoms with Crippen molar-refractivity contribution in [2.45, 2.75) is 33.4 Å². The number of carbonyl (C=O) groups excluding carboxylic acids is 1. The first kappa shape index (κ1) is 20.6. The summed E-state index contributed by atoms with van der Waals surface area (Å²) in [5.74, 6) is -0.642. The van der Waals surface area contributed by atoms with Crippen LogP contribution in [0.4, 0.5) is 10.2 Å². The number of aryl methyl sites for hydroxylation is 1. The van der Waals surface area contributed by atoms with Crippen LogP contribution in [0.5, 0.6) is 0 Å². The number of hydrogen-bond donors (Lipinski definition) is 1. The monoisotopic (exact) mass is 443 g/mol. The predicted molar refractivity (Wildman–Crippen MR) is 108 cm³/mol. The van der Waals surface area contributed by atoms with Crippen LogP contribution in [0.2, 0.25) is 15.1 Å². The normalized spacial score (nSPS) is 12.2. The van der Waals surface area contributed by atoms with Crippen molar-refractivity contribution in [3.8, 4) is 0 Å². The molecule has 2 heterocycles. The molecule has 0 aliphatic rings. The molecule has 0 spiro atoms. The molecule has 2 aromatic heterocycles. The van der Waals surface area contributed by atoms with Crippen LogP contribution in [0.25, 0.3) is 0 Å². The fourth-order valence-electron chi connectivity index (χ4n) is 2.76. The molecule has 1 amide bonds. The van der Waals surface area contributed by atoms with Gasteiger partial charge in [-0.1, -0.05) is 40.9 Å². The Morgan fingerprint density at radius 1 is 1.21 bits per heavy atom. The summed E-state index contributed by atoms with van der Waals surface area (Å²) in [4.78, 5) is 12.6. The first-order valence-electron chi connectivity index (χ1n) is 8.37. The van der Waals surface area contributed by atoms with E-state index in [2.05, 4.69) is 15.5 Å². The van der Waals surface area contributed by atoms with Crippen LogP contribution in [0.3, 0.4) is 0 Å². The summed E-state index contributed by atoms with van der Waals surface area (Å²) in [6.45, 7) is 5.31. The van der Waals surface area contributed by atoms with Crippen molar-refractivity contribution in [3.63, 3.8) is 0 Å². The second kappa shape index (κ2) is 8.11. The van der Waals surface area contributed by atoms with Gasteiger partial charge in [-0.25, -0.2) is 4.39 Å². The summed E-state index contributed by atoms with van der Waals surface area (Å²) in [7, 11) is 0. The van der Waals surface area contributed by atoms with Crippen molar-refractivity contribution in [1.82, 2.24) is 19.6 Å². The number of amides is 1. The van der Waals surface area contributed by atoms with Gasteiger partial charge in [0, 0.05) is 16.8 Å². The van der Waals surface area contributed by atoms with Crippen molar-refractivity contribution in [2.75, 3.05) is 5.32 Å². The predicted octanol–water partition coefficient (Wildman–Crippen LogP) is 5.04. The second-order valence-electron chi connectivity index (χ2n) is 6.32. The zero-order chi connectivity index (χ0) is 20.6. The molecule has 1 N–H and O–H groups in total. The molecular weight excluding hydrogens is 428 g/mol. The minimum Gasteiger partial charge on any atom is -0.306 e. The summed E-state index contributed by atoms with van der Waals surface area (Å²) in [5, 5.41) is 12.2. The third-order valence-electron chi connectivity index (χ3n) is 4.32. The van der Waals surface area contributed by atoms with Gasteiger partial charge in [0.2, 0.25) is 5.91 Å². The number of anilines is 1. The van der Waals surface area contributed by atoms with E-state index in [1.54, 1.807) is 26.8 Å². The number of benzene rings is 1. The first-order chi connectivity index (χ1) is 13.2. The summed E-state index contributed by atoms with van der Waals surface area (Å²) in [5.41, 5.74) is 1.61. The molecule has 0 aliphatic carbocycles. The minimum absolute atomic E-state index is 0.0731. The standard InChI is InChI=1S/C18H17Cl3FN5O/c1-9-16(21)10(2)27(24-9)11(3)18(28)23-17-14(20)8-26(25-17)7-12-13(19)5-4-6-15(12)22/h4-6,8,11H,7H2,1-3H3,(H,23,25,28). The van der Waals surface area contributed by atoms with Crippen molar-refractivity contribution >= 4 is 46.5 Å². The topological polar surface area (TPSA) is 64.7 Å². The maximum Gasteiger partial charge on any atom is 0.250 e. The summed E-state index contributed by atoms with van der Waals surface area (Å²) >= 11 is 18.4. The highest BCUT2D eigenvalue weighted by molar-refractivity contribution is 6.33. The lowest BCUT2D eigenvalue weighted by atomic mass is 10.2. The Labute approximate surface area is 176 Å². The van der Waals surface area contributed by atoms with E-state index in [0.29, 0.717) is 16.4 Å². The van der Waals surface area contributed by atoms with Gasteiger partial charge >= 0.3 is 0 Å². The molecule has 0 aliphatic heterocycles. The van der Waals surface area contributed by atoms with Crippen LogP contribution in [-0.2, 0) is 11.3 Å². The lowest BCUT2D eigenvalue weighted by Crippen LogP contribution is -2.25. The van der Waals surface area contributed by atoms with Gasteiger partial charge in [0.15, 0.2) is 5.82 Å². The molecule has 10 heteroatoms. The van der Waals surface area contributed by atoms with Gasteiger partial charge in [-0.3, -0.25) is 14.2 Å². The second-order valence-corrected chi connectivity index (χ2v) is 7.51. The van der Waals surface area contributed by atoms with E-state index in [-0.39, 0.29) is 33.9 Å². The highest BCUT2D eigenvalue weighted by Gasteiger charge is 2.22. The van der Waals surface area contributed by atoms with Gasteiger partial charge in [-0.05, 0) is 32.9 Å². The summed E-state index contributed by atoms with van der Waals surface area (Å²) in [6, 6.07) is 3.80. The molecule has 0 fully saturated rings. The van der Waals surface area contributed by atoms with E-state index in [0.717, 1.165) is 0 Å². The maximum absolute atomic E-state index is 14.0. The average Bonchev–Trinajstić information content (AvgIpc) is 3.11. The third-order valence-corrected chi connectivity index (χ3v) is 5.50. The molecule has 1 atom stereocenters. The van der Waals surface area contributed by atoms with E-state index in [1.165, 1.54) is 27.7 Å². The number of hydrogen-bond acceptors (Lipinski definition) is 3. The fourth-order valence-corrected chi connectivity index (χ4v) is 3.31. The SMILES string of the molecule is Cc1nn(C(C)C(=O)Nc2nn(Cc3c(F)cccc3Cl)cc2Cl)c(C)c1Cl. The third kappa shape index (κ3) is 4.01. The van der Waals surface area contributed by atoms with Crippen molar-refractivity contribution in [1.29, 1.82) is 0 Å². The Bertz CT molecular complexity index is 1030. The molecule has 0 saturated heterocycles. The van der Waals surface area contributed by atoms with E-state index in [9.17, 15) is 9.18 Å². The minimum atomic E-state index is -0.631. The van der Waals surface area contributed by atoms with Crippen LogP contribution in [-0.4, -0.2) is 25.5 Å². The van der Waals surface area contributed by atoms with Crippen LogP contribution >= 0.6 is 34.8 Å². The van der Waals surface area contributed by atoms with Gasteiger partial charge < -0.3 is 5.32 Å². The van der Waals surface area contributed by atoms with E-state index in [4.69, 9.17) is 34.8 Å². The highest BCUT2D eigenvalue weighted by atomic mass is 35.5. The smallest absolute Gasteiger partial charge is 0.250 e. The van der Waals surface area contributed by atoms with Crippen molar-refractivity contribution in [3.05, 3.63) is 62.2 Å². The Kier molecular flexibility index (Phi) is 5.98. The lowest BCUT2D eigenvalue weighted by Gasteiger charge is -2.13. The van der Waals surface area contributed by atoms with Crippen molar-refractivity contribution < 1.29 is 9.18 Å². The summed E-state index contributed by atoms with van der Waals surface area (Å²) < 4.78 is 16.9. The molecule has 0 saturated carbocycles. The molecule has 6 nitrogen and oxygen atoms in total. The molecule has 28 heavy (non-hydrogen) atoms. The van der Waals surface area contributed by atoms with E-state index >= 15 is 0 Å². The Morgan fingerprint density at radius 2 is 1.93 bits per heavy atom. The lowest BCUT2D eigenvalue weighted by molar-refractivity contribution is -0.119. The molecule has 3 rings (SSSR count). The summed E-state index contributed by atoms with van der Waals surface area (Å²) in [6.07, 6.45) is 1.49. The quantitative estimate of drug-likeness (QED) is 0.599. The number of halogens is 4. The Balaban J connectivity index is 1.78. The van der Waals surface area contributed by atoms with E-state index in [1.807, 2.05) is 0 Å². The number of carbonyl (C=O) groups is 1. The molecular formula is C18H17Cl3FN5O. The molecule has 0 bridgehead atoms. The Hall–Kier alpha value is -2.09. The zero-order valence-electron chi connectivity index (χ0n) is 15.3. The van der Waals surface area contributed by atoms with E-state index < -0.39 is 11.9 Å². The van der Waals surface area contributed by atoms with Gasteiger partial charge in [0.25, 0.3) is 0 Å². The zero-order valence-corrected chi connectivity index (χ0v) is 17.6. The average molecular weight is 445 g/mol. The molecule has 3 aromatic rings. The molecule has 0 radical (unpaired) electrons. The number of nitrogens with zero attached hydrogens (tertiary/aromatic N) is 4. The van der Waals surface area contributed by atoms with Crippen molar-refractivity contribution in [2.24, 2.45) is 0 Å². The highest BCUT2D eigenvalue weighted by Crippen LogP contribution is 2.26. The number of nitrogens with one attached hydrogen (secondary N) is 1. The van der Waals surface area contributed by atoms with Crippen LogP contribution < -0.4 is 5.32 Å². The van der Waals surface area contributed by atoms with Gasteiger partial charge in [-0.2, -0.15) is 10.2 Å². The molecule has 1 unspecified atom stereocenters. The maximum atomic E-state index is 14.0. The van der Waals surface area contributed by atoms with Gasteiger partial charge in [0.1, 0.15) is 16.9 Å². The molecule has 1 aromatic carbocycles.